The lowest BCUT2D eigenvalue weighted by molar-refractivity contribution is -0.120. The maximum atomic E-state index is 12.3. The first-order chi connectivity index (χ1) is 9.65. The Bertz CT molecular complexity index is 546. The number of fused-ring (bicyclic) bond motifs is 2. The van der Waals surface area contributed by atoms with Crippen LogP contribution >= 0.6 is 0 Å². The summed E-state index contributed by atoms with van der Waals surface area (Å²) in [7, 11) is 5.15. The van der Waals surface area contributed by atoms with Gasteiger partial charge in [-0.2, -0.15) is 0 Å². The molecule has 2 unspecified atom stereocenters. The van der Waals surface area contributed by atoms with E-state index in [1.165, 1.54) is 0 Å². The molecule has 6 nitrogen and oxygen atoms in total. The number of carbonyl (C=O) groups is 1. The van der Waals surface area contributed by atoms with Crippen LogP contribution in [0.4, 0.5) is 11.4 Å². The summed E-state index contributed by atoms with van der Waals surface area (Å²) in [6, 6.07) is 3.73. The van der Waals surface area contributed by atoms with Gasteiger partial charge in [0.15, 0.2) is 11.5 Å². The predicted octanol–water partition coefficient (Wildman–Crippen LogP) is 1.11. The van der Waals surface area contributed by atoms with Gasteiger partial charge in [0, 0.05) is 19.2 Å². The summed E-state index contributed by atoms with van der Waals surface area (Å²) in [5, 5.41) is 2.95. The fourth-order valence-electron chi connectivity index (χ4n) is 2.84. The van der Waals surface area contributed by atoms with Crippen molar-refractivity contribution in [2.24, 2.45) is 5.92 Å². The highest BCUT2D eigenvalue weighted by molar-refractivity contribution is 5.99. The zero-order valence-corrected chi connectivity index (χ0v) is 11.8. The van der Waals surface area contributed by atoms with Crippen LogP contribution in [0.25, 0.3) is 0 Å². The van der Waals surface area contributed by atoms with Crippen LogP contribution in [0.1, 0.15) is 0 Å². The summed E-state index contributed by atoms with van der Waals surface area (Å²) in [6.45, 7) is 1.02. The van der Waals surface area contributed by atoms with Gasteiger partial charge in [-0.25, -0.2) is 0 Å². The minimum atomic E-state index is -0.149. The molecule has 1 fully saturated rings. The van der Waals surface area contributed by atoms with E-state index in [2.05, 4.69) is 10.2 Å². The first kappa shape index (κ1) is 13.1. The number of hydrogen-bond donors (Lipinski definition) is 1. The number of nitrogens with zero attached hydrogens (tertiary/aromatic N) is 1. The molecule has 0 saturated carbocycles. The van der Waals surface area contributed by atoms with Gasteiger partial charge >= 0.3 is 0 Å². The molecule has 20 heavy (non-hydrogen) atoms. The van der Waals surface area contributed by atoms with Crippen LogP contribution in [-0.4, -0.2) is 46.4 Å². The third-order valence-electron chi connectivity index (χ3n) is 4.02. The van der Waals surface area contributed by atoms with Crippen molar-refractivity contribution >= 4 is 17.3 Å². The normalized spacial score (nSPS) is 24.6. The summed E-state index contributed by atoms with van der Waals surface area (Å²) in [4.78, 5) is 14.3. The van der Waals surface area contributed by atoms with E-state index >= 15 is 0 Å². The largest absolute Gasteiger partial charge is 0.493 e. The number of anilines is 2. The lowest BCUT2D eigenvalue weighted by Gasteiger charge is -2.27. The molecular weight excluding hydrogens is 260 g/mol. The summed E-state index contributed by atoms with van der Waals surface area (Å²) in [5.74, 6) is 1.09. The van der Waals surface area contributed by atoms with Crippen molar-refractivity contribution in [3.63, 3.8) is 0 Å². The SMILES string of the molecule is COc1cc2c(cc1OC)N(C)C1COCC1C(=O)N2. The molecular formula is C14H18N2O4. The van der Waals surface area contributed by atoms with Gasteiger partial charge in [0.05, 0.1) is 50.8 Å². The average molecular weight is 278 g/mol. The summed E-state index contributed by atoms with van der Waals surface area (Å²) in [5.41, 5.74) is 1.65. The molecule has 0 bridgehead atoms. The van der Waals surface area contributed by atoms with Gasteiger partial charge in [-0.15, -0.1) is 0 Å². The van der Waals surface area contributed by atoms with E-state index in [9.17, 15) is 4.79 Å². The number of benzene rings is 1. The lowest BCUT2D eigenvalue weighted by atomic mass is 10.0. The predicted molar refractivity (Wildman–Crippen MR) is 74.7 cm³/mol. The van der Waals surface area contributed by atoms with Crippen molar-refractivity contribution in [3.8, 4) is 11.5 Å². The molecule has 1 saturated heterocycles. The maximum absolute atomic E-state index is 12.3. The smallest absolute Gasteiger partial charge is 0.232 e. The highest BCUT2D eigenvalue weighted by atomic mass is 16.5. The Labute approximate surface area is 117 Å². The molecule has 108 valence electrons. The Morgan fingerprint density at radius 2 is 1.95 bits per heavy atom. The molecule has 1 amide bonds. The van der Waals surface area contributed by atoms with Crippen LogP contribution < -0.4 is 19.7 Å². The van der Waals surface area contributed by atoms with E-state index in [1.807, 2.05) is 13.1 Å². The molecule has 2 aliphatic rings. The van der Waals surface area contributed by atoms with Crippen molar-refractivity contribution in [2.45, 2.75) is 6.04 Å². The van der Waals surface area contributed by atoms with Gasteiger partial charge in [0.25, 0.3) is 0 Å². The van der Waals surface area contributed by atoms with E-state index < -0.39 is 0 Å². The molecule has 1 aromatic carbocycles. The van der Waals surface area contributed by atoms with Crippen molar-refractivity contribution < 1.29 is 19.0 Å². The van der Waals surface area contributed by atoms with E-state index in [0.29, 0.717) is 24.7 Å². The fourth-order valence-corrected chi connectivity index (χ4v) is 2.84. The zero-order valence-electron chi connectivity index (χ0n) is 11.8. The van der Waals surface area contributed by atoms with Crippen LogP contribution in [0.2, 0.25) is 0 Å². The number of carbonyl (C=O) groups excluding carboxylic acids is 1. The van der Waals surface area contributed by atoms with Crippen molar-refractivity contribution in [3.05, 3.63) is 12.1 Å². The molecule has 2 heterocycles. The van der Waals surface area contributed by atoms with Gasteiger partial charge in [-0.1, -0.05) is 0 Å². The minimum Gasteiger partial charge on any atom is -0.493 e. The fraction of sp³-hybridized carbons (Fsp3) is 0.500. The molecule has 2 atom stereocenters. The third-order valence-corrected chi connectivity index (χ3v) is 4.02. The highest BCUT2D eigenvalue weighted by Gasteiger charge is 2.40. The van der Waals surface area contributed by atoms with Crippen LogP contribution in [-0.2, 0) is 9.53 Å². The number of rotatable bonds is 2. The van der Waals surface area contributed by atoms with Crippen molar-refractivity contribution in [2.75, 3.05) is 44.7 Å². The van der Waals surface area contributed by atoms with Gasteiger partial charge < -0.3 is 24.4 Å². The molecule has 2 aliphatic heterocycles. The van der Waals surface area contributed by atoms with Crippen LogP contribution in [0.3, 0.4) is 0 Å². The standard InChI is InChI=1S/C14H18N2O4/c1-16-10-5-13(19-3)12(18-2)4-9(10)15-14(17)8-6-20-7-11(8)16/h4-5,8,11H,6-7H2,1-3H3,(H,15,17). The van der Waals surface area contributed by atoms with Gasteiger partial charge in [0.2, 0.25) is 5.91 Å². The van der Waals surface area contributed by atoms with Gasteiger partial charge in [-0.05, 0) is 0 Å². The number of hydrogen-bond acceptors (Lipinski definition) is 5. The molecule has 0 aliphatic carbocycles. The molecule has 6 heteroatoms. The molecule has 0 spiro atoms. The number of amides is 1. The van der Waals surface area contributed by atoms with Crippen LogP contribution in [0, 0.1) is 5.92 Å². The average Bonchev–Trinajstić information content (AvgIpc) is 2.92. The zero-order chi connectivity index (χ0) is 14.3. The van der Waals surface area contributed by atoms with Crippen molar-refractivity contribution in [1.82, 2.24) is 0 Å². The van der Waals surface area contributed by atoms with Crippen LogP contribution in [0.15, 0.2) is 12.1 Å². The maximum Gasteiger partial charge on any atom is 0.232 e. The van der Waals surface area contributed by atoms with E-state index in [-0.39, 0.29) is 17.9 Å². The Hall–Kier alpha value is -1.95. The monoisotopic (exact) mass is 278 g/mol. The summed E-state index contributed by atoms with van der Waals surface area (Å²) in [6.07, 6.45) is 0. The van der Waals surface area contributed by atoms with E-state index in [0.717, 1.165) is 11.4 Å². The second-order valence-corrected chi connectivity index (χ2v) is 5.04. The molecule has 0 radical (unpaired) electrons. The summed E-state index contributed by atoms with van der Waals surface area (Å²) < 4.78 is 16.1. The second-order valence-electron chi connectivity index (χ2n) is 5.04. The quantitative estimate of drug-likeness (QED) is 0.878. The molecule has 1 aromatic rings. The highest BCUT2D eigenvalue weighted by Crippen LogP contribution is 2.41. The lowest BCUT2D eigenvalue weighted by Crippen LogP contribution is -2.40. The Morgan fingerprint density at radius 1 is 1.25 bits per heavy atom. The van der Waals surface area contributed by atoms with E-state index in [4.69, 9.17) is 14.2 Å². The molecule has 3 rings (SSSR count). The van der Waals surface area contributed by atoms with Crippen molar-refractivity contribution in [1.29, 1.82) is 0 Å². The number of methoxy groups -OCH3 is 2. The third kappa shape index (κ3) is 1.87. The second kappa shape index (κ2) is 4.86. The van der Waals surface area contributed by atoms with Crippen LogP contribution in [0.5, 0.6) is 11.5 Å². The molecule has 0 aromatic heterocycles. The Kier molecular flexibility index (Phi) is 3.17. The topological polar surface area (TPSA) is 60.0 Å². The number of likely N-dealkylation sites (N-methyl/N-ethyl adjacent to an activating group) is 1. The Morgan fingerprint density at radius 3 is 2.65 bits per heavy atom. The summed E-state index contributed by atoms with van der Waals surface area (Å²) >= 11 is 0. The van der Waals surface area contributed by atoms with Gasteiger partial charge in [-0.3, -0.25) is 4.79 Å². The number of nitrogens with one attached hydrogen (secondary N) is 1. The van der Waals surface area contributed by atoms with Gasteiger partial charge in [0.1, 0.15) is 0 Å². The first-order valence-electron chi connectivity index (χ1n) is 6.53. The number of ether oxygens (including phenoxy) is 3. The first-order valence-corrected chi connectivity index (χ1v) is 6.53. The molecule has 1 N–H and O–H groups in total. The minimum absolute atomic E-state index is 0.00896. The van der Waals surface area contributed by atoms with E-state index in [1.54, 1.807) is 20.3 Å². The Balaban J connectivity index is 2.10.